The summed E-state index contributed by atoms with van der Waals surface area (Å²) in [6.45, 7) is 3.33. The van der Waals surface area contributed by atoms with Gasteiger partial charge in [0.25, 0.3) is 0 Å². The van der Waals surface area contributed by atoms with E-state index in [1.54, 1.807) is 24.7 Å². The molecule has 0 spiro atoms. The van der Waals surface area contributed by atoms with Gasteiger partial charge in [0.2, 0.25) is 0 Å². The molecule has 41 heavy (non-hydrogen) atoms. The molecule has 1 saturated carbocycles. The summed E-state index contributed by atoms with van der Waals surface area (Å²) in [7, 11) is 0. The van der Waals surface area contributed by atoms with Crippen LogP contribution in [-0.4, -0.2) is 69.3 Å². The van der Waals surface area contributed by atoms with E-state index in [1.165, 1.54) is 19.3 Å². The number of ether oxygens (including phenoxy) is 1. The van der Waals surface area contributed by atoms with Gasteiger partial charge in [-0.3, -0.25) is 14.9 Å². The Hall–Kier alpha value is -3.17. The molecule has 0 N–H and O–H groups in total. The van der Waals surface area contributed by atoms with Gasteiger partial charge in [-0.05, 0) is 56.6 Å². The van der Waals surface area contributed by atoms with E-state index < -0.39 is 12.0 Å². The molecule has 3 unspecified atom stereocenters. The largest absolute Gasteiger partial charge is 0.461 e. The van der Waals surface area contributed by atoms with Gasteiger partial charge in [-0.1, -0.05) is 23.7 Å². The Morgan fingerprint density at radius 1 is 1.07 bits per heavy atom. The first-order valence-corrected chi connectivity index (χ1v) is 15.0. The van der Waals surface area contributed by atoms with E-state index in [-0.39, 0.29) is 29.4 Å². The number of fused-ring (bicyclic) bond motifs is 5. The number of rotatable bonds is 5. The topological polar surface area (TPSA) is 67.3 Å². The number of aromatic nitrogens is 4. The maximum absolute atomic E-state index is 16.6. The Labute approximate surface area is 241 Å². The molecule has 4 aromatic rings. The van der Waals surface area contributed by atoms with Crippen LogP contribution in [0, 0.1) is 17.7 Å². The van der Waals surface area contributed by atoms with Crippen molar-refractivity contribution < 1.29 is 13.5 Å². The third kappa shape index (κ3) is 4.23. The van der Waals surface area contributed by atoms with Crippen LogP contribution in [0.1, 0.15) is 38.5 Å². The molecule has 212 valence electrons. The molecule has 1 aliphatic carbocycles. The van der Waals surface area contributed by atoms with Gasteiger partial charge < -0.3 is 9.64 Å². The summed E-state index contributed by atoms with van der Waals surface area (Å²) < 4.78 is 37.2. The third-order valence-electron chi connectivity index (χ3n) is 9.77. The van der Waals surface area contributed by atoms with Gasteiger partial charge >= 0.3 is 6.01 Å². The first kappa shape index (κ1) is 25.5. The zero-order valence-electron chi connectivity index (χ0n) is 22.7. The highest BCUT2D eigenvalue weighted by atomic mass is 35.5. The van der Waals surface area contributed by atoms with Crippen LogP contribution in [0.3, 0.4) is 0 Å². The summed E-state index contributed by atoms with van der Waals surface area (Å²) in [6, 6.07) is 5.64. The van der Waals surface area contributed by atoms with Gasteiger partial charge in [-0.2, -0.15) is 9.97 Å². The summed E-state index contributed by atoms with van der Waals surface area (Å²) >= 11 is 6.56. The molecule has 3 aliphatic heterocycles. The predicted octanol–water partition coefficient (Wildman–Crippen LogP) is 6.22. The second-order valence-corrected chi connectivity index (χ2v) is 12.8. The number of pyridine rings is 2. The highest BCUT2D eigenvalue weighted by molar-refractivity contribution is 6.36. The number of hydrogen-bond acceptors (Lipinski definition) is 7. The molecular weight excluding hydrogens is 546 g/mol. The molecule has 7 nitrogen and oxygen atoms in total. The third-order valence-corrected chi connectivity index (χ3v) is 10.1. The standard InChI is InChI=1S/C31H31ClF2N6O/c32-24-4-1-3-20-11-35-12-22(25(20)24)27-26(34)28-23(13-36-27)29(39-14-18-5-6-19(9-18)15-39)38-30(37-28)41-17-31-7-2-8-40(31)16-21(33)10-31/h1,3-4,11-13,18-19,21H,2,5-10,14-17H2/t18?,19?,21-,31?/m0/s1. The first-order valence-electron chi connectivity index (χ1n) is 14.6. The molecule has 6 heterocycles. The Morgan fingerprint density at radius 2 is 1.93 bits per heavy atom. The molecule has 0 amide bonds. The van der Waals surface area contributed by atoms with Crippen molar-refractivity contribution in [3.63, 3.8) is 0 Å². The summed E-state index contributed by atoms with van der Waals surface area (Å²) in [5.74, 6) is 1.31. The van der Waals surface area contributed by atoms with Crippen LogP contribution in [0.4, 0.5) is 14.6 Å². The summed E-state index contributed by atoms with van der Waals surface area (Å²) in [4.78, 5) is 22.9. The highest BCUT2D eigenvalue weighted by Gasteiger charge is 2.49. The molecule has 10 heteroatoms. The lowest BCUT2D eigenvalue weighted by Crippen LogP contribution is -2.43. The van der Waals surface area contributed by atoms with Crippen molar-refractivity contribution in [1.82, 2.24) is 24.8 Å². The minimum absolute atomic E-state index is 0.124. The minimum atomic E-state index is -0.858. The SMILES string of the molecule is Fc1c(-c2cncc3cccc(Cl)c23)ncc2c(N3CC4CCC(C4)C3)nc(OCC34CCCN3C[C@@H](F)C4)nc12. The van der Waals surface area contributed by atoms with Crippen LogP contribution >= 0.6 is 11.6 Å². The smallest absolute Gasteiger partial charge is 0.319 e. The summed E-state index contributed by atoms with van der Waals surface area (Å²) in [5.41, 5.74) is 0.448. The van der Waals surface area contributed by atoms with Crippen LogP contribution in [-0.2, 0) is 0 Å². The second kappa shape index (κ2) is 9.70. The first-order chi connectivity index (χ1) is 20.0. The average molecular weight is 577 g/mol. The quantitative estimate of drug-likeness (QED) is 0.279. The normalized spacial score (nSPS) is 27.7. The van der Waals surface area contributed by atoms with Crippen LogP contribution in [0.15, 0.2) is 36.8 Å². The lowest BCUT2D eigenvalue weighted by atomic mass is 9.95. The zero-order valence-corrected chi connectivity index (χ0v) is 23.5. The van der Waals surface area contributed by atoms with Crippen molar-refractivity contribution in [3.05, 3.63) is 47.6 Å². The molecule has 4 fully saturated rings. The van der Waals surface area contributed by atoms with Crippen molar-refractivity contribution in [1.29, 1.82) is 0 Å². The Bertz CT molecular complexity index is 1650. The number of anilines is 1. The minimum Gasteiger partial charge on any atom is -0.461 e. The Kier molecular flexibility index (Phi) is 6.04. The molecule has 3 aromatic heterocycles. The van der Waals surface area contributed by atoms with Crippen molar-refractivity contribution in [2.45, 2.75) is 50.2 Å². The van der Waals surface area contributed by atoms with E-state index in [1.807, 2.05) is 12.1 Å². The number of alkyl halides is 1. The van der Waals surface area contributed by atoms with Gasteiger partial charge in [0.05, 0.1) is 10.9 Å². The van der Waals surface area contributed by atoms with E-state index in [0.717, 1.165) is 37.9 Å². The van der Waals surface area contributed by atoms with E-state index in [2.05, 4.69) is 24.8 Å². The predicted molar refractivity (Wildman–Crippen MR) is 155 cm³/mol. The molecular formula is C31H31ClF2N6O. The lowest BCUT2D eigenvalue weighted by Gasteiger charge is -2.34. The average Bonchev–Trinajstić information content (AvgIpc) is 3.62. The van der Waals surface area contributed by atoms with Crippen molar-refractivity contribution in [3.8, 4) is 17.3 Å². The molecule has 4 atom stereocenters. The molecule has 3 saturated heterocycles. The fourth-order valence-corrected chi connectivity index (χ4v) is 8.20. The maximum Gasteiger partial charge on any atom is 0.319 e. The van der Waals surface area contributed by atoms with E-state index in [0.29, 0.717) is 52.0 Å². The van der Waals surface area contributed by atoms with Crippen LogP contribution in [0.2, 0.25) is 5.02 Å². The van der Waals surface area contributed by atoms with E-state index >= 15 is 4.39 Å². The fourth-order valence-electron chi connectivity index (χ4n) is 7.91. The molecule has 2 bridgehead atoms. The van der Waals surface area contributed by atoms with Gasteiger partial charge in [0.1, 0.15) is 29.8 Å². The molecule has 0 radical (unpaired) electrons. The van der Waals surface area contributed by atoms with Crippen molar-refractivity contribution >= 4 is 39.1 Å². The fraction of sp³-hybridized carbons (Fsp3) is 0.484. The number of benzene rings is 1. The summed E-state index contributed by atoms with van der Waals surface area (Å²) in [6.07, 6.45) is 10.1. The number of nitrogens with zero attached hydrogens (tertiary/aromatic N) is 6. The summed E-state index contributed by atoms with van der Waals surface area (Å²) in [5, 5.41) is 2.55. The Morgan fingerprint density at radius 3 is 2.78 bits per heavy atom. The van der Waals surface area contributed by atoms with E-state index in [4.69, 9.17) is 21.3 Å². The molecule has 8 rings (SSSR count). The van der Waals surface area contributed by atoms with Gasteiger partial charge in [-0.15, -0.1) is 0 Å². The van der Waals surface area contributed by atoms with E-state index in [9.17, 15) is 4.39 Å². The number of halogens is 3. The second-order valence-electron chi connectivity index (χ2n) is 12.4. The number of hydrogen-bond donors (Lipinski definition) is 0. The monoisotopic (exact) mass is 576 g/mol. The van der Waals surface area contributed by atoms with Gasteiger partial charge in [-0.25, -0.2) is 8.78 Å². The van der Waals surface area contributed by atoms with Crippen molar-refractivity contribution in [2.24, 2.45) is 11.8 Å². The van der Waals surface area contributed by atoms with Gasteiger partial charge in [0.15, 0.2) is 5.82 Å². The van der Waals surface area contributed by atoms with Crippen LogP contribution in [0.5, 0.6) is 6.01 Å². The zero-order chi connectivity index (χ0) is 27.7. The molecule has 4 aliphatic rings. The molecule has 1 aromatic carbocycles. The maximum atomic E-state index is 16.6. The highest BCUT2D eigenvalue weighted by Crippen LogP contribution is 2.43. The van der Waals surface area contributed by atoms with Crippen LogP contribution in [0.25, 0.3) is 32.9 Å². The van der Waals surface area contributed by atoms with Crippen LogP contribution < -0.4 is 9.64 Å². The number of piperidine rings is 1. The Balaban J connectivity index is 1.25. The lowest BCUT2D eigenvalue weighted by molar-refractivity contribution is 0.107. The van der Waals surface area contributed by atoms with Crippen molar-refractivity contribution in [2.75, 3.05) is 37.7 Å². The van der Waals surface area contributed by atoms with Gasteiger partial charge in [0, 0.05) is 66.0 Å².